The van der Waals surface area contributed by atoms with Crippen molar-refractivity contribution in [2.75, 3.05) is 0 Å². The van der Waals surface area contributed by atoms with Crippen LogP contribution < -0.4 is 0 Å². The zero-order valence-electron chi connectivity index (χ0n) is 21.7. The molecule has 4 aromatic carbocycles. The van der Waals surface area contributed by atoms with Crippen LogP contribution in [0.5, 0.6) is 11.5 Å². The molecule has 36 heavy (non-hydrogen) atoms. The summed E-state index contributed by atoms with van der Waals surface area (Å²) in [4.78, 5) is 0. The van der Waals surface area contributed by atoms with Crippen LogP contribution >= 0.6 is 0 Å². The number of aryl methyl sites for hydroxylation is 4. The lowest BCUT2D eigenvalue weighted by molar-refractivity contribution is 0.0746. The first-order valence-corrected chi connectivity index (χ1v) is 12.4. The molecule has 5 rings (SSSR count). The van der Waals surface area contributed by atoms with Crippen molar-refractivity contribution in [3.63, 3.8) is 0 Å². The Morgan fingerprint density at radius 2 is 0.694 bits per heavy atom. The molecule has 1 aliphatic rings. The molecule has 0 bridgehead atoms. The van der Waals surface area contributed by atoms with E-state index in [0.717, 1.165) is 0 Å². The van der Waals surface area contributed by atoms with Crippen molar-refractivity contribution in [2.45, 2.75) is 52.7 Å². The Morgan fingerprint density at radius 1 is 0.472 bits per heavy atom. The molecule has 0 spiro atoms. The molecule has 4 heteroatoms. The van der Waals surface area contributed by atoms with E-state index in [-0.39, 0.29) is 11.5 Å². The topological polar surface area (TPSA) is 80.9 Å². The summed E-state index contributed by atoms with van der Waals surface area (Å²) >= 11 is 0. The van der Waals surface area contributed by atoms with Gasteiger partial charge in [0.05, 0.1) is 0 Å². The molecule has 0 aliphatic heterocycles. The molecule has 0 saturated carbocycles. The van der Waals surface area contributed by atoms with Crippen LogP contribution in [0.1, 0.15) is 69.5 Å². The number of aliphatic hydroxyl groups is 2. The van der Waals surface area contributed by atoms with Crippen molar-refractivity contribution >= 4 is 0 Å². The third-order valence-electron chi connectivity index (χ3n) is 7.23. The van der Waals surface area contributed by atoms with E-state index in [9.17, 15) is 20.4 Å². The lowest BCUT2D eigenvalue weighted by atomic mass is 9.63. The second kappa shape index (κ2) is 9.12. The minimum absolute atomic E-state index is 0.205. The zero-order valence-corrected chi connectivity index (χ0v) is 21.7. The molecule has 0 atom stereocenters. The third-order valence-corrected chi connectivity index (χ3v) is 7.23. The summed E-state index contributed by atoms with van der Waals surface area (Å²) in [6.45, 7) is 11.3. The molecular weight excluding hydrogens is 448 g/mol. The molecule has 0 fully saturated rings. The highest BCUT2D eigenvalue weighted by atomic mass is 16.3. The average molecular weight is 483 g/mol. The van der Waals surface area contributed by atoms with Gasteiger partial charge in [-0.1, -0.05) is 62.4 Å². The van der Waals surface area contributed by atoms with Crippen molar-refractivity contribution in [2.24, 2.45) is 0 Å². The van der Waals surface area contributed by atoms with Gasteiger partial charge in [-0.3, -0.25) is 0 Å². The smallest absolute Gasteiger partial charge is 0.141 e. The molecular formula is C32H34O4. The maximum absolute atomic E-state index is 12.5. The summed E-state index contributed by atoms with van der Waals surface area (Å²) in [5, 5.41) is 45.7. The van der Waals surface area contributed by atoms with Crippen molar-refractivity contribution < 1.29 is 20.4 Å². The first kappa shape index (κ1) is 25.5. The fourth-order valence-electron chi connectivity index (χ4n) is 5.47. The fraction of sp³-hybridized carbons (Fsp3) is 0.250. The first-order valence-electron chi connectivity index (χ1n) is 12.4. The van der Waals surface area contributed by atoms with Crippen LogP contribution in [0.2, 0.25) is 0 Å². The Morgan fingerprint density at radius 3 is 0.917 bits per heavy atom. The molecule has 0 unspecified atom stereocenters. The van der Waals surface area contributed by atoms with Gasteiger partial charge in [0.25, 0.3) is 0 Å². The molecule has 4 nitrogen and oxygen atoms in total. The van der Waals surface area contributed by atoms with Crippen molar-refractivity contribution in [3.05, 3.63) is 128 Å². The van der Waals surface area contributed by atoms with Gasteiger partial charge in [0.2, 0.25) is 0 Å². The minimum Gasteiger partial charge on any atom is -0.507 e. The summed E-state index contributed by atoms with van der Waals surface area (Å²) < 4.78 is 0. The molecule has 0 radical (unpaired) electrons. The van der Waals surface area contributed by atoms with Crippen molar-refractivity contribution in [1.82, 2.24) is 0 Å². The predicted octanol–water partition coefficient (Wildman–Crippen LogP) is 6.24. The standard InChI is InChI=1S/C30H28O4.C2H6/c1-17-13-21(14-18(2)27(17)31)29(33)23-9-5-7-11-25(23)30(34,26-12-8-6-10-24(26)29)22-15-19(3)28(32)20(4)16-22;1-2/h5-16,31-34H,1-4H3;1-2H3. The van der Waals surface area contributed by atoms with E-state index in [1.807, 2.05) is 90.1 Å². The van der Waals surface area contributed by atoms with E-state index in [1.54, 1.807) is 24.3 Å². The summed E-state index contributed by atoms with van der Waals surface area (Å²) in [5.74, 6) is 0.410. The van der Waals surface area contributed by atoms with Gasteiger partial charge in [0.1, 0.15) is 22.7 Å². The normalized spacial score (nSPS) is 20.1. The van der Waals surface area contributed by atoms with Crippen LogP contribution in [0, 0.1) is 27.7 Å². The second-order valence-corrected chi connectivity index (χ2v) is 9.43. The highest BCUT2D eigenvalue weighted by molar-refractivity contribution is 5.66. The Kier molecular flexibility index (Phi) is 6.46. The third kappa shape index (κ3) is 3.52. The predicted molar refractivity (Wildman–Crippen MR) is 144 cm³/mol. The maximum atomic E-state index is 12.5. The summed E-state index contributed by atoms with van der Waals surface area (Å²) in [6.07, 6.45) is 0. The van der Waals surface area contributed by atoms with Gasteiger partial charge in [0.15, 0.2) is 0 Å². The summed E-state index contributed by atoms with van der Waals surface area (Å²) in [6, 6.07) is 22.0. The number of hydrogen-bond donors (Lipinski definition) is 4. The van der Waals surface area contributed by atoms with Crippen LogP contribution in [0.3, 0.4) is 0 Å². The molecule has 1 aliphatic carbocycles. The van der Waals surface area contributed by atoms with Crippen LogP contribution in [-0.4, -0.2) is 20.4 Å². The summed E-state index contributed by atoms with van der Waals surface area (Å²) in [7, 11) is 0. The van der Waals surface area contributed by atoms with Gasteiger partial charge in [-0.25, -0.2) is 0 Å². The van der Waals surface area contributed by atoms with Crippen LogP contribution in [0.25, 0.3) is 0 Å². The number of fused-ring (bicyclic) bond motifs is 2. The lowest BCUT2D eigenvalue weighted by Crippen LogP contribution is -2.44. The van der Waals surface area contributed by atoms with E-state index >= 15 is 0 Å². The van der Waals surface area contributed by atoms with Crippen LogP contribution in [0.15, 0.2) is 72.8 Å². The van der Waals surface area contributed by atoms with Gasteiger partial charge in [0, 0.05) is 0 Å². The largest absolute Gasteiger partial charge is 0.507 e. The minimum atomic E-state index is -1.54. The Balaban J connectivity index is 0.00000148. The molecule has 186 valence electrons. The van der Waals surface area contributed by atoms with Crippen molar-refractivity contribution in [1.29, 1.82) is 0 Å². The highest BCUT2D eigenvalue weighted by Crippen LogP contribution is 2.53. The van der Waals surface area contributed by atoms with Gasteiger partial charge in [-0.05, 0) is 108 Å². The summed E-state index contributed by atoms with van der Waals surface area (Å²) in [5.41, 5.74) is 3.15. The van der Waals surface area contributed by atoms with Gasteiger partial charge in [-0.15, -0.1) is 0 Å². The SMILES string of the molecule is CC.Cc1cc(C2(O)c3ccccc3C(O)(c3cc(C)c(O)c(C)c3)c3ccccc32)cc(C)c1O. The Labute approximate surface area is 213 Å². The van der Waals surface area contributed by atoms with E-state index in [2.05, 4.69) is 0 Å². The molecule has 0 aromatic heterocycles. The molecule has 0 amide bonds. The van der Waals surface area contributed by atoms with E-state index < -0.39 is 11.2 Å². The van der Waals surface area contributed by atoms with Crippen LogP contribution in [0.4, 0.5) is 0 Å². The van der Waals surface area contributed by atoms with Crippen LogP contribution in [-0.2, 0) is 11.2 Å². The fourth-order valence-corrected chi connectivity index (χ4v) is 5.47. The maximum Gasteiger partial charge on any atom is 0.141 e. The van der Waals surface area contributed by atoms with Gasteiger partial charge < -0.3 is 20.4 Å². The molecule has 4 aromatic rings. The quantitative estimate of drug-likeness (QED) is 0.273. The number of hydrogen-bond acceptors (Lipinski definition) is 4. The van der Waals surface area contributed by atoms with E-state index in [4.69, 9.17) is 0 Å². The highest BCUT2D eigenvalue weighted by Gasteiger charge is 2.51. The second-order valence-electron chi connectivity index (χ2n) is 9.43. The zero-order chi connectivity index (χ0) is 26.4. The van der Waals surface area contributed by atoms with E-state index in [0.29, 0.717) is 55.6 Å². The van der Waals surface area contributed by atoms with Gasteiger partial charge >= 0.3 is 0 Å². The van der Waals surface area contributed by atoms with Crippen molar-refractivity contribution in [3.8, 4) is 11.5 Å². The first-order chi connectivity index (χ1) is 17.1. The van der Waals surface area contributed by atoms with Gasteiger partial charge in [-0.2, -0.15) is 0 Å². The number of phenolic OH excluding ortho intramolecular Hbond substituents is 2. The monoisotopic (exact) mass is 482 g/mol. The molecule has 4 N–H and O–H groups in total. The number of rotatable bonds is 2. The lowest BCUT2D eigenvalue weighted by Gasteiger charge is -2.45. The number of phenols is 2. The Hall–Kier alpha value is -3.60. The average Bonchev–Trinajstić information content (AvgIpc) is 2.89. The Bertz CT molecular complexity index is 1250. The van der Waals surface area contributed by atoms with E-state index in [1.165, 1.54) is 0 Å². The number of benzene rings is 4. The molecule has 0 heterocycles. The molecule has 0 saturated heterocycles. The number of aromatic hydroxyl groups is 2.